The van der Waals surface area contributed by atoms with Gasteiger partial charge in [-0.2, -0.15) is 81.0 Å². The van der Waals surface area contributed by atoms with Crippen molar-refractivity contribution >= 4 is 127 Å². The van der Waals surface area contributed by atoms with Crippen molar-refractivity contribution in [1.29, 1.82) is 0 Å². The van der Waals surface area contributed by atoms with E-state index in [1.165, 1.54) is 16.3 Å². The Kier molecular flexibility index (Phi) is 23.9. The highest BCUT2D eigenvalue weighted by atomic mass is 32.1. The number of urea groups is 1. The summed E-state index contributed by atoms with van der Waals surface area (Å²) >= 11 is 1.44. The number of benzene rings is 1. The van der Waals surface area contributed by atoms with Crippen molar-refractivity contribution < 1.29 is 28.7 Å². The number of hydrazine groups is 1. The molecular formula is C48H77N9O6S7. The van der Waals surface area contributed by atoms with Gasteiger partial charge in [0.15, 0.2) is 0 Å². The lowest BCUT2D eigenvalue weighted by atomic mass is 9.84. The molecule has 4 amide bonds. The lowest BCUT2D eigenvalue weighted by Crippen LogP contribution is -2.62. The molecule has 0 unspecified atom stereocenters. The fourth-order valence-corrected chi connectivity index (χ4v) is 11.3. The SMILES string of the molecule is CCn1c(-c2cccnc2[C@H](C)OC)c2c3cc(ccc31)-c1csc(n1)C[C@H](NC(=O)[C@H](C(C)C)N(C)C(=O)N1CC[C@H]3CN(C)C[C@H]31)C(=O)N1CCC[C@H](N1)C(=O)OCC(C)(C)C2.S.S.S.S.S.S. The van der Waals surface area contributed by atoms with Crippen LogP contribution >= 0.6 is 92.3 Å². The average Bonchev–Trinajstić information content (AvgIpc) is 4.06. The molecule has 3 aromatic heterocycles. The van der Waals surface area contributed by atoms with Gasteiger partial charge < -0.3 is 34.1 Å². The van der Waals surface area contributed by atoms with E-state index in [1.807, 2.05) is 37.1 Å². The number of fused-ring (bicyclic) bond motifs is 7. The standard InChI is InChI=1S/C48H65N9O6S.6H2S/c1-10-55-38-16-15-30-21-33(38)34(43(55)32-13-11-18-49-41(32)29(4)62-9)23-48(5,6)27-63-46(60)35-14-12-19-57(52-35)45(59)36(22-40-50-37(30)26-64-40)51-44(58)42(28(2)3)54(8)47(61)56-20-17-31-24-53(7)25-39(31)56;;;;;;/h11,13,15-16,18,21,26,28-29,31,35-36,39,42,52H,10,12,14,17,19-20,22-25,27H2,1-9H3,(H,51,58);6*1H2/t29-,31-,35-,36-,39+,42-;;;;;;/m0....../s1. The second-order valence-electron chi connectivity index (χ2n) is 19.4. The molecule has 1 aromatic carbocycles. The monoisotopic (exact) mass is 1100 g/mol. The number of thiazole rings is 1. The number of likely N-dealkylation sites (tertiary alicyclic amines) is 2. The van der Waals surface area contributed by atoms with Gasteiger partial charge in [-0.25, -0.2) is 15.2 Å². The third-order valence-electron chi connectivity index (χ3n) is 13.7. The van der Waals surface area contributed by atoms with Gasteiger partial charge >= 0.3 is 12.0 Å². The highest BCUT2D eigenvalue weighted by molar-refractivity contribution is 7.60. The molecule has 70 heavy (non-hydrogen) atoms. The van der Waals surface area contributed by atoms with E-state index in [1.54, 1.807) is 25.3 Å². The number of nitrogens with zero attached hydrogens (tertiary/aromatic N) is 7. The summed E-state index contributed by atoms with van der Waals surface area (Å²) < 4.78 is 14.3. The Bertz CT molecular complexity index is 2420. The van der Waals surface area contributed by atoms with Crippen LogP contribution in [0.2, 0.25) is 0 Å². The fraction of sp³-hybridized carbons (Fsp3) is 0.583. The molecule has 0 aliphatic carbocycles. The lowest BCUT2D eigenvalue weighted by molar-refractivity contribution is -0.155. The minimum atomic E-state index is -1.03. The summed E-state index contributed by atoms with van der Waals surface area (Å²) in [6.07, 6.45) is 4.27. The molecule has 7 heterocycles. The first-order valence-corrected chi connectivity index (χ1v) is 23.8. The van der Waals surface area contributed by atoms with Crippen molar-refractivity contribution in [3.8, 4) is 22.5 Å². The summed E-state index contributed by atoms with van der Waals surface area (Å²) in [6, 6.07) is 7.81. The Morgan fingerprint density at radius 2 is 1.77 bits per heavy atom. The molecule has 0 saturated carbocycles. The van der Waals surface area contributed by atoms with Crippen molar-refractivity contribution in [3.63, 3.8) is 0 Å². The van der Waals surface area contributed by atoms with Crippen LogP contribution in [0.4, 0.5) is 4.79 Å². The van der Waals surface area contributed by atoms with Gasteiger partial charge in [-0.1, -0.05) is 33.8 Å². The molecule has 8 rings (SSSR count). The number of carbonyl (C=O) groups excluding carboxylic acids is 4. The van der Waals surface area contributed by atoms with Gasteiger partial charge in [0.2, 0.25) is 5.91 Å². The number of methoxy groups -OCH3 is 1. The molecule has 4 aliphatic heterocycles. The summed E-state index contributed by atoms with van der Waals surface area (Å²) in [5.74, 6) is -1.05. The van der Waals surface area contributed by atoms with Gasteiger partial charge in [-0.3, -0.25) is 24.4 Å². The molecule has 22 heteroatoms. The van der Waals surface area contributed by atoms with Gasteiger partial charge in [-0.05, 0) is 88.2 Å². The molecule has 6 bridgehead atoms. The van der Waals surface area contributed by atoms with Crippen molar-refractivity contribution in [1.82, 2.24) is 45.0 Å². The third kappa shape index (κ3) is 12.9. The number of nitrogens with one attached hydrogen (secondary N) is 2. The fourth-order valence-electron chi connectivity index (χ4n) is 10.5. The number of aryl methyl sites for hydroxylation is 1. The van der Waals surface area contributed by atoms with Crippen LogP contribution < -0.4 is 10.7 Å². The number of aromatic nitrogens is 3. The molecule has 2 N–H and O–H groups in total. The van der Waals surface area contributed by atoms with Crippen molar-refractivity contribution in [2.45, 2.75) is 110 Å². The van der Waals surface area contributed by atoms with Crippen LogP contribution in [-0.2, 0) is 43.2 Å². The van der Waals surface area contributed by atoms with E-state index in [2.05, 4.69) is 72.3 Å². The van der Waals surface area contributed by atoms with E-state index in [9.17, 15) is 19.2 Å². The molecule has 0 radical (unpaired) electrons. The molecule has 6 atom stereocenters. The van der Waals surface area contributed by atoms with Crippen LogP contribution in [0.15, 0.2) is 41.9 Å². The van der Waals surface area contributed by atoms with E-state index in [-0.39, 0.29) is 124 Å². The Morgan fingerprint density at radius 3 is 2.46 bits per heavy atom. The highest BCUT2D eigenvalue weighted by Gasteiger charge is 2.45. The number of likely N-dealkylation sites (N-methyl/N-ethyl adjacent to an activating group) is 2. The number of amides is 4. The predicted octanol–water partition coefficient (Wildman–Crippen LogP) is 6.59. The highest BCUT2D eigenvalue weighted by Crippen LogP contribution is 2.42. The smallest absolute Gasteiger partial charge is 0.324 e. The minimum absolute atomic E-state index is 0. The first-order valence-electron chi connectivity index (χ1n) is 22.9. The number of hydrogen-bond acceptors (Lipinski definition) is 11. The Morgan fingerprint density at radius 1 is 1.04 bits per heavy atom. The Hall–Kier alpha value is -2.80. The number of hydrogen-bond donors (Lipinski definition) is 2. The maximum atomic E-state index is 14.6. The van der Waals surface area contributed by atoms with Crippen LogP contribution in [0, 0.1) is 17.3 Å². The van der Waals surface area contributed by atoms with Gasteiger partial charge in [0, 0.05) is 92.3 Å². The molecule has 15 nitrogen and oxygen atoms in total. The van der Waals surface area contributed by atoms with Gasteiger partial charge in [0.25, 0.3) is 5.91 Å². The summed E-state index contributed by atoms with van der Waals surface area (Å²) in [7, 11) is 5.46. The molecule has 3 saturated heterocycles. The van der Waals surface area contributed by atoms with Gasteiger partial charge in [0.05, 0.1) is 40.8 Å². The van der Waals surface area contributed by atoms with Gasteiger partial charge in [0.1, 0.15) is 18.1 Å². The van der Waals surface area contributed by atoms with Crippen LogP contribution in [-0.4, -0.2) is 136 Å². The van der Waals surface area contributed by atoms with E-state index < -0.39 is 35.4 Å². The van der Waals surface area contributed by atoms with E-state index in [0.29, 0.717) is 49.8 Å². The third-order valence-corrected chi connectivity index (χ3v) is 14.6. The normalized spacial score (nSPS) is 21.7. The molecule has 3 fully saturated rings. The Labute approximate surface area is 460 Å². The van der Waals surface area contributed by atoms with Crippen molar-refractivity contribution in [2.75, 3.05) is 54.0 Å². The zero-order valence-electron chi connectivity index (χ0n) is 41.8. The number of ether oxygens (including phenoxy) is 2. The summed E-state index contributed by atoms with van der Waals surface area (Å²) in [5, 5.41) is 8.28. The summed E-state index contributed by atoms with van der Waals surface area (Å²) in [4.78, 5) is 72.8. The Balaban J connectivity index is 0.00000280. The van der Waals surface area contributed by atoms with Gasteiger partial charge in [-0.15, -0.1) is 11.3 Å². The van der Waals surface area contributed by atoms with Crippen LogP contribution in [0.5, 0.6) is 0 Å². The number of pyridine rings is 1. The van der Waals surface area contributed by atoms with E-state index in [4.69, 9.17) is 19.4 Å². The molecule has 4 aromatic rings. The number of carbonyl (C=O) groups is 4. The maximum Gasteiger partial charge on any atom is 0.324 e. The van der Waals surface area contributed by atoms with Crippen LogP contribution in [0.1, 0.15) is 83.2 Å². The predicted molar refractivity (Wildman–Crippen MR) is 309 cm³/mol. The summed E-state index contributed by atoms with van der Waals surface area (Å²) in [5.41, 5.74) is 9.44. The van der Waals surface area contributed by atoms with E-state index in [0.717, 1.165) is 64.2 Å². The molecular weight excluding hydrogens is 1020 g/mol. The average molecular weight is 1100 g/mol. The molecule has 392 valence electrons. The molecule has 4 aliphatic rings. The van der Waals surface area contributed by atoms with Crippen molar-refractivity contribution in [2.24, 2.45) is 17.3 Å². The van der Waals surface area contributed by atoms with Crippen molar-refractivity contribution in [3.05, 3.63) is 58.2 Å². The minimum Gasteiger partial charge on any atom is -0.464 e. The zero-order valence-corrected chi connectivity index (χ0v) is 48.7. The second-order valence-corrected chi connectivity index (χ2v) is 20.3. The number of cyclic esters (lactones) is 1. The maximum absolute atomic E-state index is 14.6. The van der Waals surface area contributed by atoms with Crippen LogP contribution in [0.25, 0.3) is 33.4 Å². The number of rotatable bonds is 8. The largest absolute Gasteiger partial charge is 0.464 e. The second kappa shape index (κ2) is 26.4. The lowest BCUT2D eigenvalue weighted by Gasteiger charge is -2.37. The molecule has 0 spiro atoms. The van der Waals surface area contributed by atoms with Crippen LogP contribution in [0.3, 0.4) is 0 Å². The first-order chi connectivity index (χ1) is 30.6. The quantitative estimate of drug-likeness (QED) is 0.185. The number of esters is 1. The summed E-state index contributed by atoms with van der Waals surface area (Å²) in [6.45, 7) is 15.8. The van der Waals surface area contributed by atoms with E-state index >= 15 is 0 Å². The topological polar surface area (TPSA) is 154 Å². The zero-order chi connectivity index (χ0) is 45.6. The first kappa shape index (κ1) is 63.3.